The van der Waals surface area contributed by atoms with Crippen molar-refractivity contribution in [3.05, 3.63) is 26.7 Å². The third kappa shape index (κ3) is 57.4. The molecule has 6 nitrogen and oxygen atoms in total. The molecule has 0 saturated carbocycles. The first-order chi connectivity index (χ1) is 5.31. The molecule has 3 N–H and O–H groups in total. The van der Waals surface area contributed by atoms with E-state index in [1.54, 1.807) is 6.92 Å². The van der Waals surface area contributed by atoms with Crippen LogP contribution < -0.4 is 0 Å². The summed E-state index contributed by atoms with van der Waals surface area (Å²) < 4.78 is 13.2. The first kappa shape index (κ1) is 23.7. The molecule has 0 rings (SSSR count). The van der Waals surface area contributed by atoms with Gasteiger partial charge in [-0.15, -0.1) is 0 Å². The van der Waals surface area contributed by atoms with Crippen molar-refractivity contribution >= 4 is 36.8 Å². The van der Waals surface area contributed by atoms with Gasteiger partial charge in [0.15, 0.2) is 0 Å². The van der Waals surface area contributed by atoms with Gasteiger partial charge in [0.05, 0.1) is 0 Å². The van der Waals surface area contributed by atoms with E-state index in [2.05, 4.69) is 11.3 Å². The van der Waals surface area contributed by atoms with Crippen molar-refractivity contribution in [1.82, 2.24) is 0 Å². The van der Waals surface area contributed by atoms with E-state index in [1.165, 1.54) is 6.61 Å². The van der Waals surface area contributed by atoms with Gasteiger partial charge in [0.2, 0.25) is 0 Å². The molecule has 0 amide bonds. The Labute approximate surface area is 99.4 Å². The van der Waals surface area contributed by atoms with E-state index in [0.717, 1.165) is 6.08 Å². The smallest absolute Gasteiger partial charge is 0.634 e. The molecule has 0 unspecified atom stereocenters. The van der Waals surface area contributed by atoms with Crippen LogP contribution in [0, 0.1) is 14.0 Å². The fourth-order valence-corrected chi connectivity index (χ4v) is 0.164. The average Bonchev–Trinajstić information content (AvgIpc) is 1.85. The minimum atomic E-state index is -4.64. The fourth-order valence-electron chi connectivity index (χ4n) is 0.164. The minimum absolute atomic E-state index is 0. The Hall–Kier alpha value is 0.0862. The van der Waals surface area contributed by atoms with Gasteiger partial charge in [-0.3, -0.25) is 0 Å². The maximum absolute atomic E-state index is 10.0. The van der Waals surface area contributed by atoms with Crippen LogP contribution in [0.5, 0.6) is 0 Å². The number of phosphoric acid groups is 1. The van der Waals surface area contributed by atoms with E-state index in [9.17, 15) is 4.79 Å². The summed E-state index contributed by atoms with van der Waals surface area (Å²) in [6, 6.07) is 0. The summed E-state index contributed by atoms with van der Waals surface area (Å²) in [7, 11) is -4.64. The molecule has 0 aromatic rings. The summed E-state index contributed by atoms with van der Waals surface area (Å²) in [6.07, 6.45) is 1.11. The van der Waals surface area contributed by atoms with E-state index in [0.29, 0.717) is 0 Å². The zero-order chi connectivity index (χ0) is 10.2. The van der Waals surface area contributed by atoms with Crippen molar-refractivity contribution in [1.29, 1.82) is 0 Å². The second-order valence-corrected chi connectivity index (χ2v) is 2.42. The second kappa shape index (κ2) is 13.1. The molecule has 0 fully saturated rings. The predicted octanol–water partition coefficient (Wildman–Crippen LogP) is 0.0382. The van der Waals surface area contributed by atoms with Crippen LogP contribution in [0.2, 0.25) is 0 Å². The summed E-state index contributed by atoms with van der Waals surface area (Å²) in [5, 5.41) is 0. The van der Waals surface area contributed by atoms with E-state index in [1.807, 2.05) is 0 Å². The first-order valence-electron chi connectivity index (χ1n) is 2.70. The number of hydrogen-bond donors (Lipinski definition) is 3. The quantitative estimate of drug-likeness (QED) is 0.206. The predicted molar refractivity (Wildman–Crippen MR) is 52.7 cm³/mol. The van der Waals surface area contributed by atoms with Crippen molar-refractivity contribution in [2.45, 2.75) is 6.92 Å². The van der Waals surface area contributed by atoms with Crippen molar-refractivity contribution in [2.24, 2.45) is 0 Å². The number of esters is 1. The second-order valence-electron chi connectivity index (χ2n) is 1.39. The number of rotatable bonds is 2. The van der Waals surface area contributed by atoms with Gasteiger partial charge in [0.25, 0.3) is 5.97 Å². The van der Waals surface area contributed by atoms with Gasteiger partial charge in [-0.1, -0.05) is 6.58 Å². The number of ether oxygens (including phenoxy) is 1. The molecule has 0 aliphatic carbocycles. The molecular formula is C6H13MgO6P. The van der Waals surface area contributed by atoms with Crippen LogP contribution in [-0.4, -0.2) is 43.7 Å². The van der Waals surface area contributed by atoms with Gasteiger partial charge in [0, 0.05) is 6.08 Å². The molecule has 8 heteroatoms. The van der Waals surface area contributed by atoms with Gasteiger partial charge in [0.1, 0.15) is 0 Å². The molecule has 0 bridgehead atoms. The average molecular weight is 236 g/mol. The number of hydrogen-bond acceptors (Lipinski definition) is 3. The van der Waals surface area contributed by atoms with Crippen LogP contribution >= 0.6 is 7.82 Å². The van der Waals surface area contributed by atoms with Gasteiger partial charge >= 0.3 is 30.9 Å². The summed E-state index contributed by atoms with van der Waals surface area (Å²) in [6.45, 7) is 6.12. The topological polar surface area (TPSA) is 104 Å². The minimum Gasteiger partial charge on any atom is -0.634 e. The fraction of sp³-hybridized carbons (Fsp3) is 0.167. The molecule has 80 valence electrons. The summed E-state index contributed by atoms with van der Waals surface area (Å²) in [5.74, 6) is -0.414. The molecule has 0 spiro atoms. The van der Waals surface area contributed by atoms with Crippen molar-refractivity contribution in [2.75, 3.05) is 0 Å². The van der Waals surface area contributed by atoms with Gasteiger partial charge < -0.3 is 26.8 Å². The van der Waals surface area contributed by atoms with E-state index >= 15 is 0 Å². The van der Waals surface area contributed by atoms with Crippen LogP contribution in [0.1, 0.15) is 6.92 Å². The normalized spacial score (nSPS) is 8.00. The molecular weight excluding hydrogens is 223 g/mol. The maximum atomic E-state index is 10.0. The van der Waals surface area contributed by atoms with E-state index in [-0.39, 0.29) is 30.5 Å². The van der Waals surface area contributed by atoms with Crippen LogP contribution in [-0.2, 0) is 14.1 Å². The zero-order valence-electron chi connectivity index (χ0n) is 8.08. The number of carbonyl (C=O) groups excluding carboxylic acids is 1. The Morgan fingerprint density at radius 2 is 1.79 bits per heavy atom. The SMILES string of the molecule is C=CC(=O)O[CH-]C.O=P(O)(O)O.[CH3-].[Mg+2]. The van der Waals surface area contributed by atoms with Crippen molar-refractivity contribution < 1.29 is 28.8 Å². The molecule has 0 saturated heterocycles. The molecule has 0 aliphatic rings. The van der Waals surface area contributed by atoms with Crippen LogP contribution in [0.3, 0.4) is 0 Å². The Kier molecular flexibility index (Phi) is 22.2. The van der Waals surface area contributed by atoms with Gasteiger partial charge in [-0.05, 0) is 0 Å². The monoisotopic (exact) mass is 236 g/mol. The van der Waals surface area contributed by atoms with Gasteiger partial charge in [-0.2, -0.15) is 13.5 Å². The molecule has 0 radical (unpaired) electrons. The van der Waals surface area contributed by atoms with E-state index < -0.39 is 13.8 Å². The van der Waals surface area contributed by atoms with Crippen LogP contribution in [0.15, 0.2) is 12.7 Å². The standard InChI is InChI=1S/C5H7O2.CH3.Mg.H3O4P/c1-3-5(6)7-4-2;;;1-5(2,3)4/h3-4H,1H2,2H3;1H3;;(H3,1,2,3,4)/q2*-1;+2;. The molecule has 0 aromatic carbocycles. The number of carbonyl (C=O) groups is 1. The van der Waals surface area contributed by atoms with E-state index in [4.69, 9.17) is 19.2 Å². The zero-order valence-corrected chi connectivity index (χ0v) is 10.4. The molecule has 0 heterocycles. The summed E-state index contributed by atoms with van der Waals surface area (Å²) in [4.78, 5) is 31.6. The Bertz CT molecular complexity index is 180. The van der Waals surface area contributed by atoms with Crippen LogP contribution in [0.4, 0.5) is 0 Å². The largest absolute Gasteiger partial charge is 2.00 e. The molecule has 0 atom stereocenters. The Morgan fingerprint density at radius 3 is 1.86 bits per heavy atom. The first-order valence-corrected chi connectivity index (χ1v) is 4.27. The molecule has 14 heavy (non-hydrogen) atoms. The van der Waals surface area contributed by atoms with Crippen LogP contribution in [0.25, 0.3) is 0 Å². The van der Waals surface area contributed by atoms with Gasteiger partial charge in [-0.25, -0.2) is 9.36 Å². The third-order valence-corrected chi connectivity index (χ3v) is 0.401. The summed E-state index contributed by atoms with van der Waals surface area (Å²) in [5.41, 5.74) is 0. The van der Waals surface area contributed by atoms with Crippen molar-refractivity contribution in [3.8, 4) is 0 Å². The molecule has 0 aliphatic heterocycles. The Balaban J connectivity index is -0.0000000651. The maximum Gasteiger partial charge on any atom is 2.00 e. The Morgan fingerprint density at radius 1 is 1.50 bits per heavy atom. The summed E-state index contributed by atoms with van der Waals surface area (Å²) >= 11 is 0. The third-order valence-electron chi connectivity index (χ3n) is 0.401. The van der Waals surface area contributed by atoms with Crippen molar-refractivity contribution in [3.63, 3.8) is 0 Å². The molecule has 0 aromatic heterocycles.